The van der Waals surface area contributed by atoms with Crippen molar-refractivity contribution in [2.24, 2.45) is 5.92 Å². The minimum atomic E-state index is -4.97. The minimum Gasteiger partial charge on any atom is -0.462 e. The summed E-state index contributed by atoms with van der Waals surface area (Å²) < 4.78 is 68.9. The van der Waals surface area contributed by atoms with E-state index in [9.17, 15) is 43.2 Å². The molecule has 0 aliphatic heterocycles. The monoisotopic (exact) mass is 1560 g/mol. The Labute approximate surface area is 658 Å². The summed E-state index contributed by atoms with van der Waals surface area (Å²) >= 11 is 0. The van der Waals surface area contributed by atoms with Gasteiger partial charge in [-0.2, -0.15) is 0 Å². The molecule has 0 fully saturated rings. The predicted octanol–water partition coefficient (Wildman–Crippen LogP) is 27.2. The first-order valence-corrected chi connectivity index (χ1v) is 48.7. The largest absolute Gasteiger partial charge is 0.472 e. The third-order valence-corrected chi connectivity index (χ3v) is 23.0. The second kappa shape index (κ2) is 80.7. The number of carbonyl (C=O) groups is 4. The van der Waals surface area contributed by atoms with Crippen LogP contribution in [-0.2, 0) is 65.4 Å². The van der Waals surface area contributed by atoms with Gasteiger partial charge < -0.3 is 33.8 Å². The van der Waals surface area contributed by atoms with Gasteiger partial charge in [0.05, 0.1) is 26.4 Å². The van der Waals surface area contributed by atoms with E-state index in [1.54, 1.807) is 0 Å². The standard InChI is InChI=1S/C88H172O17P2/c1-6-10-13-16-19-22-25-27-28-29-30-31-32-33-37-40-44-47-52-57-62-67-72-86(91)99-78-84(105-88(93)74-69-64-59-54-49-45-41-38-35-34-36-39-43-46-50-55-60-65-70-81(5)9-4)80-103-107(96,97)101-76-82(89)75-100-106(94,95)102-79-83(77-98-85(90)71-66-61-56-51-24-21-18-15-12-8-3)104-87(92)73-68-63-58-53-48-42-26-23-20-17-14-11-7-2/h81-84,89H,6-80H2,1-5H3,(H,94,95)(H,96,97)/t81?,82-,83+,84+/m0/s1. The average molecular weight is 1560 g/mol. The lowest BCUT2D eigenvalue weighted by atomic mass is 9.99. The first-order valence-electron chi connectivity index (χ1n) is 45.7. The first kappa shape index (κ1) is 105. The molecule has 0 spiro atoms. The summed E-state index contributed by atoms with van der Waals surface area (Å²) in [5.41, 5.74) is 0. The minimum absolute atomic E-state index is 0.108. The number of phosphoric acid groups is 2. The highest BCUT2D eigenvalue weighted by molar-refractivity contribution is 7.47. The fourth-order valence-electron chi connectivity index (χ4n) is 13.8. The Morgan fingerprint density at radius 3 is 0.664 bits per heavy atom. The van der Waals surface area contributed by atoms with Crippen molar-refractivity contribution < 1.29 is 80.2 Å². The molecule has 17 nitrogen and oxygen atoms in total. The molecule has 3 N–H and O–H groups in total. The lowest BCUT2D eigenvalue weighted by Gasteiger charge is -2.21. The van der Waals surface area contributed by atoms with Crippen LogP contribution in [0.1, 0.15) is 478 Å². The molecule has 0 heterocycles. The Morgan fingerprint density at radius 2 is 0.449 bits per heavy atom. The second-order valence-electron chi connectivity index (χ2n) is 31.9. The lowest BCUT2D eigenvalue weighted by molar-refractivity contribution is -0.161. The highest BCUT2D eigenvalue weighted by atomic mass is 31.2. The van der Waals surface area contributed by atoms with Crippen LogP contribution in [-0.4, -0.2) is 96.7 Å². The lowest BCUT2D eigenvalue weighted by Crippen LogP contribution is -2.30. The van der Waals surface area contributed by atoms with Gasteiger partial charge in [0.15, 0.2) is 12.2 Å². The Bertz CT molecular complexity index is 2030. The van der Waals surface area contributed by atoms with Gasteiger partial charge in [0.2, 0.25) is 0 Å². The summed E-state index contributed by atoms with van der Waals surface area (Å²) in [7, 11) is -9.93. The zero-order valence-electron chi connectivity index (χ0n) is 70.3. The summed E-state index contributed by atoms with van der Waals surface area (Å²) in [5.74, 6) is -1.23. The number of hydrogen-bond donors (Lipinski definition) is 3. The van der Waals surface area contributed by atoms with Gasteiger partial charge in [0.25, 0.3) is 0 Å². The first-order chi connectivity index (χ1) is 52.1. The number of carbonyl (C=O) groups excluding carboxylic acids is 4. The summed E-state index contributed by atoms with van der Waals surface area (Å²) in [6.45, 7) is 7.43. The smallest absolute Gasteiger partial charge is 0.462 e. The number of hydrogen-bond acceptors (Lipinski definition) is 15. The van der Waals surface area contributed by atoms with Crippen molar-refractivity contribution in [3.8, 4) is 0 Å². The van der Waals surface area contributed by atoms with Crippen LogP contribution < -0.4 is 0 Å². The average Bonchev–Trinajstić information content (AvgIpc) is 0.902. The van der Waals surface area contributed by atoms with E-state index < -0.39 is 97.5 Å². The van der Waals surface area contributed by atoms with Gasteiger partial charge in [-0.05, 0) is 31.6 Å². The summed E-state index contributed by atoms with van der Waals surface area (Å²) in [4.78, 5) is 73.2. The van der Waals surface area contributed by atoms with Crippen LogP contribution in [0.15, 0.2) is 0 Å². The fourth-order valence-corrected chi connectivity index (χ4v) is 15.4. The number of rotatable bonds is 88. The van der Waals surface area contributed by atoms with Crippen molar-refractivity contribution in [1.82, 2.24) is 0 Å². The Balaban J connectivity index is 5.19. The molecule has 3 unspecified atom stereocenters. The molecule has 0 saturated carbocycles. The number of unbranched alkanes of at least 4 members (excludes halogenated alkanes) is 59. The molecule has 19 heteroatoms. The summed E-state index contributed by atoms with van der Waals surface area (Å²) in [5, 5.41) is 10.7. The van der Waals surface area contributed by atoms with E-state index in [1.807, 2.05) is 0 Å². The highest BCUT2D eigenvalue weighted by Crippen LogP contribution is 2.45. The Morgan fingerprint density at radius 1 is 0.262 bits per heavy atom. The maximum Gasteiger partial charge on any atom is 0.472 e. The van der Waals surface area contributed by atoms with Crippen LogP contribution in [0.5, 0.6) is 0 Å². The van der Waals surface area contributed by atoms with E-state index in [0.717, 1.165) is 95.8 Å². The topological polar surface area (TPSA) is 237 Å². The zero-order chi connectivity index (χ0) is 78.3. The summed E-state index contributed by atoms with van der Waals surface area (Å²) in [6, 6.07) is 0. The van der Waals surface area contributed by atoms with Crippen LogP contribution in [0.25, 0.3) is 0 Å². The third-order valence-electron chi connectivity index (χ3n) is 21.1. The summed E-state index contributed by atoms with van der Waals surface area (Å²) in [6.07, 6.45) is 75.1. The molecule has 636 valence electrons. The van der Waals surface area contributed by atoms with Crippen molar-refractivity contribution in [1.29, 1.82) is 0 Å². The van der Waals surface area contributed by atoms with Crippen LogP contribution >= 0.6 is 15.6 Å². The van der Waals surface area contributed by atoms with Gasteiger partial charge in [-0.3, -0.25) is 37.3 Å². The van der Waals surface area contributed by atoms with Crippen LogP contribution in [0.4, 0.5) is 0 Å². The number of esters is 4. The van der Waals surface area contributed by atoms with Crippen LogP contribution in [0, 0.1) is 5.92 Å². The maximum absolute atomic E-state index is 13.2. The molecule has 0 radical (unpaired) electrons. The quantitative estimate of drug-likeness (QED) is 0.0222. The molecule has 0 saturated heterocycles. The molecule has 0 aliphatic carbocycles. The molecule has 0 bridgehead atoms. The Kier molecular flexibility index (Phi) is 79.2. The second-order valence-corrected chi connectivity index (χ2v) is 34.8. The van der Waals surface area contributed by atoms with Gasteiger partial charge in [0, 0.05) is 25.7 Å². The van der Waals surface area contributed by atoms with Crippen molar-refractivity contribution in [3.05, 3.63) is 0 Å². The van der Waals surface area contributed by atoms with Crippen molar-refractivity contribution in [3.63, 3.8) is 0 Å². The predicted molar refractivity (Wildman–Crippen MR) is 442 cm³/mol. The van der Waals surface area contributed by atoms with Gasteiger partial charge in [-0.1, -0.05) is 426 Å². The van der Waals surface area contributed by atoms with E-state index in [2.05, 4.69) is 34.6 Å². The Hall–Kier alpha value is -1.94. The molecule has 107 heavy (non-hydrogen) atoms. The van der Waals surface area contributed by atoms with Gasteiger partial charge >= 0.3 is 39.5 Å². The molecule has 0 aliphatic rings. The zero-order valence-corrected chi connectivity index (χ0v) is 72.1. The third kappa shape index (κ3) is 80.5. The van der Waals surface area contributed by atoms with Gasteiger partial charge in [0.1, 0.15) is 19.3 Å². The van der Waals surface area contributed by atoms with Crippen molar-refractivity contribution >= 4 is 39.5 Å². The van der Waals surface area contributed by atoms with E-state index in [-0.39, 0.29) is 25.7 Å². The van der Waals surface area contributed by atoms with E-state index in [4.69, 9.17) is 37.0 Å². The number of ether oxygens (including phenoxy) is 4. The molecule has 6 atom stereocenters. The highest BCUT2D eigenvalue weighted by Gasteiger charge is 2.30. The number of aliphatic hydroxyl groups is 1. The van der Waals surface area contributed by atoms with E-state index >= 15 is 0 Å². The number of aliphatic hydroxyl groups excluding tert-OH is 1. The SMILES string of the molecule is CCCCCCCCCCCCCCCCCCCCCCCCC(=O)OC[C@H](COP(=O)(O)OC[C@@H](O)COP(=O)(O)OC[C@@H](COC(=O)CCCCCCCCCCCC)OC(=O)CCCCCCCCCCCCCCC)OC(=O)CCCCCCCCCCCCCCCCCCCCC(C)CC. The molecule has 0 aromatic heterocycles. The van der Waals surface area contributed by atoms with Crippen LogP contribution in [0.2, 0.25) is 0 Å². The van der Waals surface area contributed by atoms with Crippen molar-refractivity contribution in [2.75, 3.05) is 39.6 Å². The molecule has 0 amide bonds. The number of phosphoric ester groups is 2. The molecule has 0 rings (SSSR count). The van der Waals surface area contributed by atoms with Crippen molar-refractivity contribution in [2.45, 2.75) is 496 Å². The van der Waals surface area contributed by atoms with E-state index in [1.165, 1.54) is 302 Å². The normalized spacial score (nSPS) is 14.0. The fraction of sp³-hybridized carbons (Fsp3) is 0.955. The van der Waals surface area contributed by atoms with Gasteiger partial charge in [-0.15, -0.1) is 0 Å². The molecular weight excluding hydrogens is 1390 g/mol. The van der Waals surface area contributed by atoms with Crippen LogP contribution in [0.3, 0.4) is 0 Å². The van der Waals surface area contributed by atoms with E-state index in [0.29, 0.717) is 25.7 Å². The van der Waals surface area contributed by atoms with Gasteiger partial charge in [-0.25, -0.2) is 9.13 Å². The molecule has 0 aromatic rings. The maximum atomic E-state index is 13.2. The molecular formula is C88H172O17P2. The molecule has 0 aromatic carbocycles.